The highest BCUT2D eigenvalue weighted by Crippen LogP contribution is 2.19. The van der Waals surface area contributed by atoms with Gasteiger partial charge in [-0.3, -0.25) is 4.90 Å². The SMILES string of the molecule is CCn1ncnc1CN1CCC[C@H](CN2CCN(C)CC2)C1. The molecule has 2 aliphatic rings. The van der Waals surface area contributed by atoms with E-state index in [-0.39, 0.29) is 0 Å². The van der Waals surface area contributed by atoms with Crippen LogP contribution < -0.4 is 0 Å². The van der Waals surface area contributed by atoms with E-state index in [1.54, 1.807) is 6.33 Å². The molecule has 3 rings (SSSR count). The van der Waals surface area contributed by atoms with Crippen molar-refractivity contribution in [1.29, 1.82) is 0 Å². The van der Waals surface area contributed by atoms with E-state index in [0.29, 0.717) is 0 Å². The second-order valence-electron chi connectivity index (χ2n) is 6.84. The second kappa shape index (κ2) is 7.53. The zero-order valence-electron chi connectivity index (χ0n) is 14.1. The molecule has 1 aromatic heterocycles. The van der Waals surface area contributed by atoms with Crippen molar-refractivity contribution < 1.29 is 0 Å². The van der Waals surface area contributed by atoms with Gasteiger partial charge in [-0.25, -0.2) is 9.67 Å². The quantitative estimate of drug-likeness (QED) is 0.803. The number of nitrogens with zero attached hydrogens (tertiary/aromatic N) is 6. The topological polar surface area (TPSA) is 40.4 Å². The van der Waals surface area contributed by atoms with Crippen LogP contribution in [0.25, 0.3) is 0 Å². The van der Waals surface area contributed by atoms with Gasteiger partial charge in [-0.1, -0.05) is 0 Å². The fourth-order valence-electron chi connectivity index (χ4n) is 3.71. The van der Waals surface area contributed by atoms with Crippen molar-refractivity contribution in [3.63, 3.8) is 0 Å². The van der Waals surface area contributed by atoms with Crippen molar-refractivity contribution in [1.82, 2.24) is 29.5 Å². The van der Waals surface area contributed by atoms with Gasteiger partial charge >= 0.3 is 0 Å². The van der Waals surface area contributed by atoms with Gasteiger partial charge in [-0.2, -0.15) is 5.10 Å². The van der Waals surface area contributed by atoms with Crippen LogP contribution in [0.15, 0.2) is 6.33 Å². The number of likely N-dealkylation sites (N-methyl/N-ethyl adjacent to an activating group) is 1. The van der Waals surface area contributed by atoms with Crippen LogP contribution in [0, 0.1) is 5.92 Å². The highest BCUT2D eigenvalue weighted by molar-refractivity contribution is 4.87. The highest BCUT2D eigenvalue weighted by atomic mass is 15.3. The number of aromatic nitrogens is 3. The fraction of sp³-hybridized carbons (Fsp3) is 0.875. The third-order valence-electron chi connectivity index (χ3n) is 5.08. The zero-order valence-corrected chi connectivity index (χ0v) is 14.1. The Morgan fingerprint density at radius 3 is 2.73 bits per heavy atom. The molecular weight excluding hydrogens is 276 g/mol. The van der Waals surface area contributed by atoms with Crippen LogP contribution >= 0.6 is 0 Å². The molecule has 124 valence electrons. The highest BCUT2D eigenvalue weighted by Gasteiger charge is 2.24. The maximum Gasteiger partial charge on any atom is 0.140 e. The molecule has 22 heavy (non-hydrogen) atoms. The molecule has 0 bridgehead atoms. The van der Waals surface area contributed by atoms with Gasteiger partial charge in [0.05, 0.1) is 6.54 Å². The second-order valence-corrected chi connectivity index (χ2v) is 6.84. The van der Waals surface area contributed by atoms with E-state index >= 15 is 0 Å². The van der Waals surface area contributed by atoms with Gasteiger partial charge in [0, 0.05) is 45.8 Å². The number of piperidine rings is 1. The summed E-state index contributed by atoms with van der Waals surface area (Å²) in [5.74, 6) is 1.93. The molecule has 6 heteroatoms. The van der Waals surface area contributed by atoms with Crippen LogP contribution in [0.5, 0.6) is 0 Å². The molecule has 3 heterocycles. The largest absolute Gasteiger partial charge is 0.304 e. The minimum absolute atomic E-state index is 0.815. The first kappa shape index (κ1) is 15.9. The summed E-state index contributed by atoms with van der Waals surface area (Å²) in [4.78, 5) is 12.1. The van der Waals surface area contributed by atoms with Gasteiger partial charge in [0.1, 0.15) is 12.2 Å². The Kier molecular flexibility index (Phi) is 5.44. The van der Waals surface area contributed by atoms with Gasteiger partial charge in [-0.15, -0.1) is 0 Å². The van der Waals surface area contributed by atoms with Crippen molar-refractivity contribution in [2.75, 3.05) is 52.9 Å². The fourth-order valence-corrected chi connectivity index (χ4v) is 3.71. The van der Waals surface area contributed by atoms with Gasteiger partial charge in [0.15, 0.2) is 0 Å². The summed E-state index contributed by atoms with van der Waals surface area (Å²) < 4.78 is 2.02. The predicted molar refractivity (Wildman–Crippen MR) is 87.6 cm³/mol. The predicted octanol–water partition coefficient (Wildman–Crippen LogP) is 0.757. The van der Waals surface area contributed by atoms with Crippen molar-refractivity contribution in [2.24, 2.45) is 5.92 Å². The van der Waals surface area contributed by atoms with Gasteiger partial charge < -0.3 is 9.80 Å². The molecule has 0 spiro atoms. The van der Waals surface area contributed by atoms with Crippen LogP contribution in [-0.4, -0.2) is 82.3 Å². The van der Waals surface area contributed by atoms with E-state index in [9.17, 15) is 0 Å². The summed E-state index contributed by atoms with van der Waals surface area (Å²) in [5, 5.41) is 4.29. The third-order valence-corrected chi connectivity index (χ3v) is 5.08. The van der Waals surface area contributed by atoms with Gasteiger partial charge in [0.2, 0.25) is 0 Å². The lowest BCUT2D eigenvalue weighted by Crippen LogP contribution is -2.48. The van der Waals surface area contributed by atoms with E-state index in [2.05, 4.69) is 38.8 Å². The van der Waals surface area contributed by atoms with E-state index in [0.717, 1.165) is 24.8 Å². The summed E-state index contributed by atoms with van der Waals surface area (Å²) in [6, 6.07) is 0. The Balaban J connectivity index is 1.49. The first-order chi connectivity index (χ1) is 10.7. The Bertz CT molecular complexity index is 451. The maximum atomic E-state index is 4.42. The molecule has 6 nitrogen and oxygen atoms in total. The van der Waals surface area contributed by atoms with E-state index in [1.165, 1.54) is 58.7 Å². The van der Waals surface area contributed by atoms with Crippen molar-refractivity contribution in [2.45, 2.75) is 32.9 Å². The van der Waals surface area contributed by atoms with Crippen molar-refractivity contribution in [3.05, 3.63) is 12.2 Å². The summed E-state index contributed by atoms with van der Waals surface area (Å²) in [5.41, 5.74) is 0. The first-order valence-corrected chi connectivity index (χ1v) is 8.74. The molecule has 1 atom stereocenters. The van der Waals surface area contributed by atoms with Crippen LogP contribution in [0.4, 0.5) is 0 Å². The smallest absolute Gasteiger partial charge is 0.140 e. The molecule has 0 unspecified atom stereocenters. The average Bonchev–Trinajstić information content (AvgIpc) is 2.97. The maximum absolute atomic E-state index is 4.42. The molecule has 0 radical (unpaired) electrons. The number of hydrogen-bond donors (Lipinski definition) is 0. The third kappa shape index (κ3) is 4.06. The number of hydrogen-bond acceptors (Lipinski definition) is 5. The molecule has 0 saturated carbocycles. The molecule has 1 aromatic rings. The number of piperazine rings is 1. The summed E-state index contributed by atoms with van der Waals surface area (Å²) in [6.07, 6.45) is 4.38. The van der Waals surface area contributed by atoms with Crippen LogP contribution in [0.3, 0.4) is 0 Å². The molecule has 2 fully saturated rings. The van der Waals surface area contributed by atoms with Crippen LogP contribution in [-0.2, 0) is 13.1 Å². The molecule has 2 aliphatic heterocycles. The number of rotatable bonds is 5. The van der Waals surface area contributed by atoms with Gasteiger partial charge in [-0.05, 0) is 39.3 Å². The minimum Gasteiger partial charge on any atom is -0.304 e. The van der Waals surface area contributed by atoms with Crippen molar-refractivity contribution >= 4 is 0 Å². The summed E-state index contributed by atoms with van der Waals surface area (Å²) in [7, 11) is 2.23. The lowest BCUT2D eigenvalue weighted by molar-refractivity contribution is 0.0950. The Morgan fingerprint density at radius 1 is 1.14 bits per heavy atom. The lowest BCUT2D eigenvalue weighted by Gasteiger charge is -2.38. The normalized spacial score (nSPS) is 25.6. The Hall–Kier alpha value is -0.980. The van der Waals surface area contributed by atoms with E-state index in [4.69, 9.17) is 0 Å². The average molecular weight is 306 g/mol. The monoisotopic (exact) mass is 306 g/mol. The van der Waals surface area contributed by atoms with Crippen LogP contribution in [0.1, 0.15) is 25.6 Å². The van der Waals surface area contributed by atoms with E-state index in [1.807, 2.05) is 4.68 Å². The number of aryl methyl sites for hydroxylation is 1. The Labute approximate surface area is 134 Å². The van der Waals surface area contributed by atoms with Gasteiger partial charge in [0.25, 0.3) is 0 Å². The standard InChI is InChI=1S/C16H30N6/c1-3-22-16(17-14-18-22)13-21-6-4-5-15(12-21)11-20-9-7-19(2)8-10-20/h14-15H,3-13H2,1-2H3/t15-/m1/s1. The minimum atomic E-state index is 0.815. The molecular formula is C16H30N6. The van der Waals surface area contributed by atoms with Crippen molar-refractivity contribution in [3.8, 4) is 0 Å². The zero-order chi connectivity index (χ0) is 15.4. The first-order valence-electron chi connectivity index (χ1n) is 8.74. The summed E-state index contributed by atoms with van der Waals surface area (Å²) in [6.45, 7) is 12.6. The lowest BCUT2D eigenvalue weighted by atomic mass is 9.97. The van der Waals surface area contributed by atoms with E-state index < -0.39 is 0 Å². The molecule has 0 aliphatic carbocycles. The molecule has 0 N–H and O–H groups in total. The molecule has 0 aromatic carbocycles. The van der Waals surface area contributed by atoms with Crippen LogP contribution in [0.2, 0.25) is 0 Å². The molecule has 2 saturated heterocycles. The molecule has 0 amide bonds. The number of likely N-dealkylation sites (tertiary alicyclic amines) is 1. The Morgan fingerprint density at radius 2 is 1.95 bits per heavy atom. The summed E-state index contributed by atoms with van der Waals surface area (Å²) >= 11 is 0.